The number of hydrogen-bond donors (Lipinski definition) is 1. The second kappa shape index (κ2) is 5.99. The van der Waals surface area contributed by atoms with Gasteiger partial charge in [-0.2, -0.15) is 0 Å². The third-order valence-electron chi connectivity index (χ3n) is 4.48. The summed E-state index contributed by atoms with van der Waals surface area (Å²) in [5, 5.41) is 12.4. The number of carbonyl (C=O) groups is 1. The Morgan fingerprint density at radius 3 is 2.83 bits per heavy atom. The number of likely N-dealkylation sites (tertiary alicyclic amines) is 1. The van der Waals surface area contributed by atoms with Gasteiger partial charge in [0.1, 0.15) is 11.5 Å². The molecule has 7 heteroatoms. The molecule has 1 aliphatic rings. The Morgan fingerprint density at radius 1 is 1.33 bits per heavy atom. The molecule has 3 aromatic rings. The first-order chi connectivity index (χ1) is 11.6. The molecule has 24 heavy (non-hydrogen) atoms. The number of rotatable bonds is 2. The van der Waals surface area contributed by atoms with Crippen molar-refractivity contribution in [1.82, 2.24) is 14.3 Å². The number of imidazole rings is 1. The summed E-state index contributed by atoms with van der Waals surface area (Å²) >= 11 is 1.47. The van der Waals surface area contributed by atoms with Crippen LogP contribution in [0.2, 0.25) is 0 Å². The average Bonchev–Trinajstić information content (AvgIpc) is 3.17. The monoisotopic (exact) mass is 345 g/mol. The molecule has 0 radical (unpaired) electrons. The van der Waals surface area contributed by atoms with E-state index in [2.05, 4.69) is 4.98 Å². The van der Waals surface area contributed by atoms with Crippen molar-refractivity contribution in [3.05, 3.63) is 59.1 Å². The lowest BCUT2D eigenvalue weighted by molar-refractivity contribution is 0.0378. The topological polar surface area (TPSA) is 57.8 Å². The maximum atomic E-state index is 13.0. The van der Waals surface area contributed by atoms with Crippen molar-refractivity contribution in [3.8, 4) is 0 Å². The van der Waals surface area contributed by atoms with Gasteiger partial charge in [0.15, 0.2) is 4.96 Å². The lowest BCUT2D eigenvalue weighted by Crippen LogP contribution is -2.45. The fourth-order valence-corrected chi connectivity index (χ4v) is 3.91. The van der Waals surface area contributed by atoms with E-state index >= 15 is 0 Å². The van der Waals surface area contributed by atoms with E-state index in [1.54, 1.807) is 23.2 Å². The number of halogens is 1. The number of amides is 1. The van der Waals surface area contributed by atoms with Crippen LogP contribution in [0.4, 0.5) is 4.39 Å². The Morgan fingerprint density at radius 2 is 2.12 bits per heavy atom. The Labute approximate surface area is 142 Å². The van der Waals surface area contributed by atoms with Crippen LogP contribution in [0, 0.1) is 5.82 Å². The van der Waals surface area contributed by atoms with Crippen LogP contribution in [-0.4, -0.2) is 44.5 Å². The van der Waals surface area contributed by atoms with Crippen LogP contribution < -0.4 is 0 Å². The number of carbonyl (C=O) groups excluding carboxylic acids is 1. The Kier molecular flexibility index (Phi) is 3.82. The van der Waals surface area contributed by atoms with Crippen LogP contribution in [0.15, 0.2) is 42.0 Å². The highest BCUT2D eigenvalue weighted by molar-refractivity contribution is 7.15. The summed E-state index contributed by atoms with van der Waals surface area (Å²) in [6.07, 6.45) is 3.55. The molecule has 0 spiro atoms. The summed E-state index contributed by atoms with van der Waals surface area (Å²) in [6, 6.07) is 6.20. The number of aliphatic hydroxyl groups excluding tert-OH is 1. The van der Waals surface area contributed by atoms with Crippen molar-refractivity contribution >= 4 is 22.2 Å². The van der Waals surface area contributed by atoms with Crippen LogP contribution in [0.25, 0.3) is 4.96 Å². The molecule has 1 saturated heterocycles. The van der Waals surface area contributed by atoms with Gasteiger partial charge in [-0.1, -0.05) is 12.1 Å². The smallest absolute Gasteiger partial charge is 0.274 e. The third-order valence-corrected chi connectivity index (χ3v) is 5.25. The summed E-state index contributed by atoms with van der Waals surface area (Å²) in [6.45, 7) is 0.801. The summed E-state index contributed by atoms with van der Waals surface area (Å²) in [4.78, 5) is 19.3. The van der Waals surface area contributed by atoms with Crippen LogP contribution in [0.5, 0.6) is 0 Å². The van der Waals surface area contributed by atoms with Crippen molar-refractivity contribution < 1.29 is 14.3 Å². The number of nitrogens with zero attached hydrogens (tertiary/aromatic N) is 3. The number of aromatic nitrogens is 2. The lowest BCUT2D eigenvalue weighted by atomic mass is 9.87. The van der Waals surface area contributed by atoms with E-state index in [-0.39, 0.29) is 24.2 Å². The molecule has 0 aliphatic carbocycles. The van der Waals surface area contributed by atoms with E-state index in [1.165, 1.54) is 23.5 Å². The second-order valence-electron chi connectivity index (χ2n) is 5.98. The molecule has 2 aromatic heterocycles. The maximum Gasteiger partial charge on any atom is 0.274 e. The molecule has 1 aromatic carbocycles. The molecule has 3 heterocycles. The van der Waals surface area contributed by atoms with Gasteiger partial charge in [-0.3, -0.25) is 9.20 Å². The molecule has 2 atom stereocenters. The molecule has 0 bridgehead atoms. The van der Waals surface area contributed by atoms with Crippen LogP contribution in [0.1, 0.15) is 28.4 Å². The molecule has 1 aliphatic heterocycles. The van der Waals surface area contributed by atoms with Crippen LogP contribution >= 0.6 is 11.3 Å². The third kappa shape index (κ3) is 2.70. The minimum absolute atomic E-state index is 0.0832. The van der Waals surface area contributed by atoms with Crippen molar-refractivity contribution in [2.45, 2.75) is 18.4 Å². The van der Waals surface area contributed by atoms with Gasteiger partial charge in [0, 0.05) is 36.8 Å². The van der Waals surface area contributed by atoms with Gasteiger partial charge in [0.25, 0.3) is 5.91 Å². The Balaban J connectivity index is 1.48. The highest BCUT2D eigenvalue weighted by atomic mass is 32.1. The predicted octanol–water partition coefficient (Wildman–Crippen LogP) is 2.53. The lowest BCUT2D eigenvalue weighted by Gasteiger charge is -2.35. The number of β-amino-alcohol motifs (C(OH)–C–C–N with tert-alkyl or cyclic N) is 1. The molecule has 1 N–H and O–H groups in total. The summed E-state index contributed by atoms with van der Waals surface area (Å²) in [7, 11) is 0. The zero-order chi connectivity index (χ0) is 16.7. The summed E-state index contributed by atoms with van der Waals surface area (Å²) in [5.41, 5.74) is 1.30. The van der Waals surface area contributed by atoms with Gasteiger partial charge >= 0.3 is 0 Å². The highest BCUT2D eigenvalue weighted by Crippen LogP contribution is 2.29. The van der Waals surface area contributed by atoms with Gasteiger partial charge in [-0.15, -0.1) is 11.3 Å². The number of aliphatic hydroxyl groups is 1. The van der Waals surface area contributed by atoms with E-state index in [1.807, 2.05) is 16.0 Å². The molecule has 5 nitrogen and oxygen atoms in total. The van der Waals surface area contributed by atoms with E-state index in [9.17, 15) is 14.3 Å². The van der Waals surface area contributed by atoms with E-state index in [4.69, 9.17) is 0 Å². The molecule has 1 fully saturated rings. The molecule has 124 valence electrons. The maximum absolute atomic E-state index is 13.0. The first-order valence-corrected chi connectivity index (χ1v) is 8.65. The minimum atomic E-state index is -0.670. The number of thiazole rings is 1. The van der Waals surface area contributed by atoms with Crippen LogP contribution in [-0.2, 0) is 0 Å². The molecule has 1 amide bonds. The van der Waals surface area contributed by atoms with Crippen molar-refractivity contribution in [3.63, 3.8) is 0 Å². The first-order valence-electron chi connectivity index (χ1n) is 7.77. The Bertz CT molecular complexity index is 845. The zero-order valence-corrected chi connectivity index (χ0v) is 13.6. The predicted molar refractivity (Wildman–Crippen MR) is 88.7 cm³/mol. The van der Waals surface area contributed by atoms with E-state index in [0.717, 1.165) is 10.5 Å². The molecule has 0 saturated carbocycles. The summed E-state index contributed by atoms with van der Waals surface area (Å²) < 4.78 is 14.9. The molecule has 4 rings (SSSR count). The number of hydrogen-bond acceptors (Lipinski definition) is 4. The summed E-state index contributed by atoms with van der Waals surface area (Å²) in [5.74, 6) is -0.539. The Hall–Kier alpha value is -2.25. The van der Waals surface area contributed by atoms with Crippen molar-refractivity contribution in [2.24, 2.45) is 0 Å². The average molecular weight is 345 g/mol. The van der Waals surface area contributed by atoms with Gasteiger partial charge in [-0.25, -0.2) is 9.37 Å². The van der Waals surface area contributed by atoms with Gasteiger partial charge in [0.2, 0.25) is 0 Å². The van der Waals surface area contributed by atoms with Gasteiger partial charge in [-0.05, 0) is 24.1 Å². The SMILES string of the molecule is O=C(c1cn2ccsc2n1)N1CCC(c2ccc(F)cc2)C(O)C1. The highest BCUT2D eigenvalue weighted by Gasteiger charge is 2.32. The zero-order valence-electron chi connectivity index (χ0n) is 12.8. The van der Waals surface area contributed by atoms with Crippen molar-refractivity contribution in [1.29, 1.82) is 0 Å². The van der Waals surface area contributed by atoms with Gasteiger partial charge in [0.05, 0.1) is 6.10 Å². The van der Waals surface area contributed by atoms with Crippen LogP contribution in [0.3, 0.4) is 0 Å². The van der Waals surface area contributed by atoms with E-state index in [0.29, 0.717) is 18.7 Å². The standard InChI is InChI=1S/C17H16FN3O2S/c18-12-3-1-11(2-4-12)13-5-6-20(10-15(13)22)16(23)14-9-21-7-8-24-17(21)19-14/h1-4,7-9,13,15,22H,5-6,10H2. The quantitative estimate of drug-likeness (QED) is 0.776. The number of piperidine rings is 1. The minimum Gasteiger partial charge on any atom is -0.391 e. The largest absolute Gasteiger partial charge is 0.391 e. The van der Waals surface area contributed by atoms with E-state index < -0.39 is 6.10 Å². The van der Waals surface area contributed by atoms with Crippen molar-refractivity contribution in [2.75, 3.05) is 13.1 Å². The molecular formula is C17H16FN3O2S. The van der Waals surface area contributed by atoms with Gasteiger partial charge < -0.3 is 10.0 Å². The fourth-order valence-electron chi connectivity index (χ4n) is 3.21. The normalized spacial score (nSPS) is 21.3. The first kappa shape index (κ1) is 15.3. The second-order valence-corrected chi connectivity index (χ2v) is 6.86. The molecular weight excluding hydrogens is 329 g/mol. The fraction of sp³-hybridized carbons (Fsp3) is 0.294. The number of fused-ring (bicyclic) bond motifs is 1. The number of benzene rings is 1. The molecule has 2 unspecified atom stereocenters.